The maximum absolute atomic E-state index is 12.6. The Morgan fingerprint density at radius 1 is 0.875 bits per heavy atom. The number of halogens is 2. The summed E-state index contributed by atoms with van der Waals surface area (Å²) in [6.07, 6.45) is 0. The molecule has 0 N–H and O–H groups in total. The first-order chi connectivity index (χ1) is 15.6. The molecule has 0 aliphatic carbocycles. The first kappa shape index (κ1) is 19.7. The third-order valence-electron chi connectivity index (χ3n) is 5.88. The van der Waals surface area contributed by atoms with Gasteiger partial charge in [0.1, 0.15) is 10.4 Å². The predicted molar refractivity (Wildman–Crippen MR) is 130 cm³/mol. The number of hydrogen-bond acceptors (Lipinski definition) is 4. The summed E-state index contributed by atoms with van der Waals surface area (Å²) >= 11 is 13.8. The van der Waals surface area contributed by atoms with Crippen molar-refractivity contribution < 1.29 is 4.79 Å². The molecule has 5 nitrogen and oxygen atoms in total. The molecular formula is C24H16Cl2N4OS. The Hall–Kier alpha value is -2.93. The summed E-state index contributed by atoms with van der Waals surface area (Å²) in [5.41, 5.74) is 3.21. The van der Waals surface area contributed by atoms with Gasteiger partial charge in [0.25, 0.3) is 0 Å². The Kier molecular flexibility index (Phi) is 4.68. The van der Waals surface area contributed by atoms with E-state index in [1.165, 1.54) is 22.1 Å². The molecule has 8 heteroatoms. The van der Waals surface area contributed by atoms with Crippen LogP contribution >= 0.6 is 34.5 Å². The lowest BCUT2D eigenvalue weighted by Crippen LogP contribution is -2.56. The molecule has 6 rings (SSSR count). The molecule has 1 aliphatic heterocycles. The lowest BCUT2D eigenvalue weighted by Gasteiger charge is -2.42. The SMILES string of the molecule is O=C1C(Cl)C(c2ccc(Cl)cc2)N1c1nnc(Cn2c3ccccc3c3ccccc32)s1. The Labute approximate surface area is 197 Å². The fourth-order valence-corrected chi connectivity index (χ4v) is 5.72. The van der Waals surface area contributed by atoms with Crippen molar-refractivity contribution in [2.75, 3.05) is 4.90 Å². The fourth-order valence-electron chi connectivity index (χ4n) is 4.36. The van der Waals surface area contributed by atoms with Gasteiger partial charge in [-0.25, -0.2) is 0 Å². The fraction of sp³-hybridized carbons (Fsp3) is 0.125. The Morgan fingerprint density at radius 2 is 1.50 bits per heavy atom. The van der Waals surface area contributed by atoms with Gasteiger partial charge in [-0.15, -0.1) is 21.8 Å². The highest BCUT2D eigenvalue weighted by molar-refractivity contribution is 7.15. The maximum atomic E-state index is 12.6. The summed E-state index contributed by atoms with van der Waals surface area (Å²) in [6.45, 7) is 0.573. The van der Waals surface area contributed by atoms with Crippen molar-refractivity contribution in [1.82, 2.24) is 14.8 Å². The van der Waals surface area contributed by atoms with E-state index in [1.54, 1.807) is 17.0 Å². The van der Waals surface area contributed by atoms with Gasteiger partial charge in [-0.1, -0.05) is 71.5 Å². The Balaban J connectivity index is 1.35. The summed E-state index contributed by atoms with van der Waals surface area (Å²) in [6, 6.07) is 23.8. The number of fused-ring (bicyclic) bond motifs is 3. The molecule has 2 atom stereocenters. The quantitative estimate of drug-likeness (QED) is 0.233. The first-order valence-corrected chi connectivity index (χ1v) is 11.8. The largest absolute Gasteiger partial charge is 0.333 e. The van der Waals surface area contributed by atoms with Gasteiger partial charge in [0.15, 0.2) is 0 Å². The number of β-lactam (4-membered cyclic amide) rings is 1. The van der Waals surface area contributed by atoms with Crippen LogP contribution in [0, 0.1) is 0 Å². The van der Waals surface area contributed by atoms with Crippen LogP contribution in [0.3, 0.4) is 0 Å². The van der Waals surface area contributed by atoms with E-state index in [2.05, 4.69) is 51.2 Å². The molecule has 158 valence electrons. The van der Waals surface area contributed by atoms with Gasteiger partial charge in [0, 0.05) is 26.8 Å². The molecule has 1 aliphatic rings. The maximum Gasteiger partial charge on any atom is 0.250 e. The minimum absolute atomic E-state index is 0.161. The van der Waals surface area contributed by atoms with Crippen molar-refractivity contribution in [2.24, 2.45) is 0 Å². The molecule has 5 aromatic rings. The van der Waals surface area contributed by atoms with E-state index in [0.29, 0.717) is 16.7 Å². The van der Waals surface area contributed by atoms with E-state index >= 15 is 0 Å². The average molecular weight is 479 g/mol. The molecule has 2 aromatic heterocycles. The van der Waals surface area contributed by atoms with E-state index in [1.807, 2.05) is 24.3 Å². The second kappa shape index (κ2) is 7.59. The number of para-hydroxylation sites is 2. The summed E-state index contributed by atoms with van der Waals surface area (Å²) in [5.74, 6) is -0.161. The smallest absolute Gasteiger partial charge is 0.250 e. The van der Waals surface area contributed by atoms with Crippen LogP contribution in [0.15, 0.2) is 72.8 Å². The van der Waals surface area contributed by atoms with Gasteiger partial charge in [0.2, 0.25) is 11.0 Å². The summed E-state index contributed by atoms with van der Waals surface area (Å²) in [4.78, 5) is 14.2. The second-order valence-corrected chi connectivity index (χ2v) is 9.65. The number of amides is 1. The van der Waals surface area contributed by atoms with E-state index in [0.717, 1.165) is 21.6 Å². The van der Waals surface area contributed by atoms with E-state index < -0.39 is 5.38 Å². The van der Waals surface area contributed by atoms with Crippen LogP contribution in [0.1, 0.15) is 16.6 Å². The van der Waals surface area contributed by atoms with Crippen molar-refractivity contribution in [3.8, 4) is 0 Å². The molecule has 0 bridgehead atoms. The number of carbonyl (C=O) groups excluding carboxylic acids is 1. The zero-order chi connectivity index (χ0) is 21.8. The number of rotatable bonds is 4. The molecule has 0 spiro atoms. The molecule has 3 heterocycles. The van der Waals surface area contributed by atoms with Crippen molar-refractivity contribution in [1.29, 1.82) is 0 Å². The number of anilines is 1. The zero-order valence-corrected chi connectivity index (χ0v) is 19.0. The van der Waals surface area contributed by atoms with Crippen LogP contribution in [0.2, 0.25) is 5.02 Å². The number of carbonyl (C=O) groups is 1. The molecule has 32 heavy (non-hydrogen) atoms. The third-order valence-corrected chi connectivity index (χ3v) is 7.46. The van der Waals surface area contributed by atoms with E-state index in [4.69, 9.17) is 23.2 Å². The molecule has 1 saturated heterocycles. The highest BCUT2D eigenvalue weighted by Crippen LogP contribution is 2.43. The summed E-state index contributed by atoms with van der Waals surface area (Å²) < 4.78 is 2.24. The molecule has 1 fully saturated rings. The Morgan fingerprint density at radius 3 is 2.16 bits per heavy atom. The predicted octanol–water partition coefficient (Wildman–Crippen LogP) is 6.04. The normalized spacial score (nSPS) is 18.4. The minimum Gasteiger partial charge on any atom is -0.333 e. The highest BCUT2D eigenvalue weighted by Gasteiger charge is 2.49. The van der Waals surface area contributed by atoms with Gasteiger partial charge >= 0.3 is 0 Å². The Bertz CT molecular complexity index is 1420. The first-order valence-electron chi connectivity index (χ1n) is 10.1. The monoisotopic (exact) mass is 478 g/mol. The van der Waals surface area contributed by atoms with Crippen LogP contribution in [-0.4, -0.2) is 26.0 Å². The van der Waals surface area contributed by atoms with Gasteiger partial charge in [-0.05, 0) is 29.8 Å². The molecule has 2 unspecified atom stereocenters. The standard InChI is InChI=1S/C24H16Cl2N4OS/c25-15-11-9-14(10-12-15)22-21(26)23(31)30(22)24-28-27-20(32-24)13-29-18-7-3-1-5-16(18)17-6-2-4-8-19(17)29/h1-12,21-22H,13H2. The number of hydrogen-bond donors (Lipinski definition) is 0. The van der Waals surface area contributed by atoms with Crippen LogP contribution in [0.5, 0.6) is 0 Å². The highest BCUT2D eigenvalue weighted by atomic mass is 35.5. The second-order valence-electron chi connectivity index (χ2n) is 7.71. The number of benzene rings is 3. The van der Waals surface area contributed by atoms with Gasteiger partial charge in [0.05, 0.1) is 12.6 Å². The number of nitrogens with zero attached hydrogens (tertiary/aromatic N) is 4. The molecular weight excluding hydrogens is 463 g/mol. The van der Waals surface area contributed by atoms with Gasteiger partial charge in [-0.3, -0.25) is 9.69 Å². The van der Waals surface area contributed by atoms with Crippen LogP contribution < -0.4 is 4.90 Å². The molecule has 0 radical (unpaired) electrons. The lowest BCUT2D eigenvalue weighted by atomic mass is 9.94. The summed E-state index contributed by atoms with van der Waals surface area (Å²) in [7, 11) is 0. The van der Waals surface area contributed by atoms with Crippen molar-refractivity contribution in [3.05, 3.63) is 88.4 Å². The van der Waals surface area contributed by atoms with Crippen molar-refractivity contribution in [2.45, 2.75) is 18.0 Å². The topological polar surface area (TPSA) is 51.0 Å². The number of alkyl halides is 1. The lowest BCUT2D eigenvalue weighted by molar-refractivity contribution is -0.123. The van der Waals surface area contributed by atoms with Crippen LogP contribution in [0.4, 0.5) is 5.13 Å². The van der Waals surface area contributed by atoms with Gasteiger partial charge < -0.3 is 4.57 Å². The van der Waals surface area contributed by atoms with Crippen molar-refractivity contribution in [3.63, 3.8) is 0 Å². The summed E-state index contributed by atoms with van der Waals surface area (Å²) in [5, 5.41) is 12.5. The minimum atomic E-state index is -0.624. The van der Waals surface area contributed by atoms with Crippen molar-refractivity contribution >= 4 is 67.4 Å². The zero-order valence-electron chi connectivity index (χ0n) is 16.7. The molecule has 1 amide bonds. The molecule has 0 saturated carbocycles. The van der Waals surface area contributed by atoms with Crippen LogP contribution in [-0.2, 0) is 11.3 Å². The third kappa shape index (κ3) is 3.02. The van der Waals surface area contributed by atoms with E-state index in [9.17, 15) is 4.79 Å². The van der Waals surface area contributed by atoms with Crippen LogP contribution in [0.25, 0.3) is 21.8 Å². The molecule has 3 aromatic carbocycles. The average Bonchev–Trinajstić information content (AvgIpc) is 3.41. The van der Waals surface area contributed by atoms with E-state index in [-0.39, 0.29) is 11.9 Å². The number of aromatic nitrogens is 3. The van der Waals surface area contributed by atoms with Gasteiger partial charge in [-0.2, -0.15) is 0 Å².